The van der Waals surface area contributed by atoms with Gasteiger partial charge in [0.25, 0.3) is 0 Å². The van der Waals surface area contributed by atoms with Gasteiger partial charge in [-0.05, 0) is 47.9 Å². The van der Waals surface area contributed by atoms with Crippen LogP contribution in [-0.4, -0.2) is 5.91 Å². The summed E-state index contributed by atoms with van der Waals surface area (Å²) in [6.07, 6.45) is 6.88. The first-order valence-electron chi connectivity index (χ1n) is 7.47. The van der Waals surface area contributed by atoms with Gasteiger partial charge in [0.1, 0.15) is 5.82 Å². The molecule has 1 aliphatic carbocycles. The number of rotatable bonds is 5. The third kappa shape index (κ3) is 3.63. The molecular weight excluding hydrogens is 297 g/mol. The van der Waals surface area contributed by atoms with Crippen LogP contribution in [0.3, 0.4) is 0 Å². The molecule has 22 heavy (non-hydrogen) atoms. The quantitative estimate of drug-likeness (QED) is 0.812. The number of allylic oxidation sites excluding steroid dienone is 2. The number of halogens is 1. The van der Waals surface area contributed by atoms with E-state index in [-0.39, 0.29) is 17.8 Å². The molecule has 0 radical (unpaired) electrons. The summed E-state index contributed by atoms with van der Waals surface area (Å²) in [4.78, 5) is 13.4. The highest BCUT2D eigenvalue weighted by Gasteiger charge is 2.20. The maximum Gasteiger partial charge on any atom is 0.221 e. The van der Waals surface area contributed by atoms with Crippen molar-refractivity contribution in [1.29, 1.82) is 0 Å². The van der Waals surface area contributed by atoms with E-state index in [1.807, 2.05) is 17.5 Å². The van der Waals surface area contributed by atoms with Crippen LogP contribution in [-0.2, 0) is 4.79 Å². The Bertz CT molecular complexity index is 648. The fourth-order valence-corrected chi connectivity index (χ4v) is 3.56. The highest BCUT2D eigenvalue weighted by atomic mass is 32.1. The van der Waals surface area contributed by atoms with Crippen molar-refractivity contribution in [3.63, 3.8) is 0 Å². The number of thiophene rings is 1. The van der Waals surface area contributed by atoms with E-state index in [9.17, 15) is 9.18 Å². The molecular formula is C18H18FNOS. The van der Waals surface area contributed by atoms with Crippen LogP contribution in [0.5, 0.6) is 0 Å². The van der Waals surface area contributed by atoms with E-state index in [4.69, 9.17) is 0 Å². The molecule has 114 valence electrons. The molecule has 3 rings (SSSR count). The van der Waals surface area contributed by atoms with Gasteiger partial charge in [0.15, 0.2) is 0 Å². The van der Waals surface area contributed by atoms with Gasteiger partial charge < -0.3 is 5.32 Å². The van der Waals surface area contributed by atoms with Gasteiger partial charge in [-0.1, -0.05) is 30.4 Å². The topological polar surface area (TPSA) is 29.1 Å². The van der Waals surface area contributed by atoms with Gasteiger partial charge >= 0.3 is 0 Å². The summed E-state index contributed by atoms with van der Waals surface area (Å²) in [5, 5.41) is 5.08. The van der Waals surface area contributed by atoms with Crippen molar-refractivity contribution in [2.45, 2.75) is 25.3 Å². The molecule has 0 saturated carbocycles. The number of benzene rings is 1. The van der Waals surface area contributed by atoms with E-state index in [0.717, 1.165) is 23.3 Å². The lowest BCUT2D eigenvalue weighted by Gasteiger charge is -2.19. The molecule has 1 aliphatic rings. The van der Waals surface area contributed by atoms with Gasteiger partial charge in [-0.25, -0.2) is 4.39 Å². The number of carbonyl (C=O) groups excluding carboxylic acids is 1. The van der Waals surface area contributed by atoms with E-state index in [1.54, 1.807) is 23.5 Å². The van der Waals surface area contributed by atoms with Gasteiger partial charge in [0.2, 0.25) is 5.91 Å². The van der Waals surface area contributed by atoms with Crippen molar-refractivity contribution < 1.29 is 9.18 Å². The molecule has 1 amide bonds. The van der Waals surface area contributed by atoms with Crippen LogP contribution in [0.4, 0.5) is 4.39 Å². The van der Waals surface area contributed by atoms with Crippen molar-refractivity contribution in [2.75, 3.05) is 0 Å². The largest absolute Gasteiger partial charge is 0.344 e. The normalized spacial score (nSPS) is 18.3. The minimum absolute atomic E-state index is 0.0410. The summed E-state index contributed by atoms with van der Waals surface area (Å²) in [7, 11) is 0. The summed E-state index contributed by atoms with van der Waals surface area (Å²) in [5.41, 5.74) is 0.902. The van der Waals surface area contributed by atoms with Crippen molar-refractivity contribution in [3.8, 4) is 0 Å². The van der Waals surface area contributed by atoms with Crippen molar-refractivity contribution in [1.82, 2.24) is 5.32 Å². The highest BCUT2D eigenvalue weighted by Crippen LogP contribution is 2.27. The lowest BCUT2D eigenvalue weighted by Crippen LogP contribution is -2.29. The van der Waals surface area contributed by atoms with Crippen LogP contribution in [0, 0.1) is 11.7 Å². The fraction of sp³-hybridized carbons (Fsp3) is 0.278. The molecule has 0 aliphatic heterocycles. The molecule has 1 aromatic heterocycles. The maximum atomic E-state index is 13.1. The molecule has 0 fully saturated rings. The summed E-state index contributed by atoms with van der Waals surface area (Å²) in [5.74, 6) is 0.118. The first-order valence-corrected chi connectivity index (χ1v) is 8.35. The SMILES string of the molecule is O=C(C[C@H]1C=CCC1)N[C@H](c1ccc(F)cc1)c1cccs1. The van der Waals surface area contributed by atoms with E-state index in [1.165, 1.54) is 12.1 Å². The maximum absolute atomic E-state index is 13.1. The molecule has 0 spiro atoms. The van der Waals surface area contributed by atoms with E-state index in [0.29, 0.717) is 12.3 Å². The Morgan fingerprint density at radius 3 is 2.77 bits per heavy atom. The molecule has 0 saturated heterocycles. The Hall–Kier alpha value is -1.94. The predicted molar refractivity (Wildman–Crippen MR) is 87.2 cm³/mol. The average molecular weight is 315 g/mol. The highest BCUT2D eigenvalue weighted by molar-refractivity contribution is 7.10. The molecule has 1 heterocycles. The number of amides is 1. The zero-order valence-electron chi connectivity index (χ0n) is 12.2. The summed E-state index contributed by atoms with van der Waals surface area (Å²) >= 11 is 1.59. The van der Waals surface area contributed by atoms with Gasteiger partial charge in [0.05, 0.1) is 6.04 Å². The smallest absolute Gasteiger partial charge is 0.221 e. The second-order valence-electron chi connectivity index (χ2n) is 5.54. The van der Waals surface area contributed by atoms with Gasteiger partial charge in [-0.15, -0.1) is 11.3 Å². The molecule has 2 nitrogen and oxygen atoms in total. The van der Waals surface area contributed by atoms with Gasteiger partial charge in [-0.2, -0.15) is 0 Å². The monoisotopic (exact) mass is 315 g/mol. The molecule has 2 atom stereocenters. The minimum Gasteiger partial charge on any atom is -0.344 e. The molecule has 4 heteroatoms. The van der Waals surface area contributed by atoms with Crippen molar-refractivity contribution in [3.05, 3.63) is 70.2 Å². The van der Waals surface area contributed by atoms with Gasteiger partial charge in [-0.3, -0.25) is 4.79 Å². The van der Waals surface area contributed by atoms with Crippen LogP contribution >= 0.6 is 11.3 Å². The number of hydrogen-bond acceptors (Lipinski definition) is 2. The summed E-state index contributed by atoms with van der Waals surface area (Å²) in [6, 6.07) is 10.1. The minimum atomic E-state index is -0.268. The standard InChI is InChI=1S/C18H18FNOS/c19-15-9-7-14(8-10-15)18(16-6-3-11-22-16)20-17(21)12-13-4-1-2-5-13/h1,3-4,6-11,13,18H,2,5,12H2,(H,20,21)/t13-,18+/m0/s1. The van der Waals surface area contributed by atoms with E-state index < -0.39 is 0 Å². The van der Waals surface area contributed by atoms with Gasteiger partial charge in [0, 0.05) is 11.3 Å². The molecule has 2 aromatic rings. The van der Waals surface area contributed by atoms with Crippen LogP contribution in [0.25, 0.3) is 0 Å². The fourth-order valence-electron chi connectivity index (χ4n) is 2.75. The van der Waals surface area contributed by atoms with E-state index >= 15 is 0 Å². The van der Waals surface area contributed by atoms with Crippen LogP contribution in [0.1, 0.15) is 35.7 Å². The van der Waals surface area contributed by atoms with Crippen LogP contribution in [0.2, 0.25) is 0 Å². The lowest BCUT2D eigenvalue weighted by atomic mass is 10.0. The van der Waals surface area contributed by atoms with Crippen molar-refractivity contribution in [2.24, 2.45) is 5.92 Å². The van der Waals surface area contributed by atoms with Crippen LogP contribution < -0.4 is 5.32 Å². The molecule has 1 aromatic carbocycles. The second-order valence-corrected chi connectivity index (χ2v) is 6.52. The third-order valence-electron chi connectivity index (χ3n) is 3.90. The lowest BCUT2D eigenvalue weighted by molar-refractivity contribution is -0.122. The number of hydrogen-bond donors (Lipinski definition) is 1. The Balaban J connectivity index is 1.75. The Labute approximate surface area is 133 Å². The molecule has 0 bridgehead atoms. The third-order valence-corrected chi connectivity index (χ3v) is 4.83. The van der Waals surface area contributed by atoms with Crippen molar-refractivity contribution >= 4 is 17.2 Å². The first kappa shape index (κ1) is 15.0. The van der Waals surface area contributed by atoms with Crippen LogP contribution in [0.15, 0.2) is 53.9 Å². The number of carbonyl (C=O) groups is 1. The zero-order chi connectivity index (χ0) is 15.4. The summed E-state index contributed by atoms with van der Waals surface area (Å²) in [6.45, 7) is 0. The Morgan fingerprint density at radius 1 is 1.32 bits per heavy atom. The van der Waals surface area contributed by atoms with E-state index in [2.05, 4.69) is 17.5 Å². The predicted octanol–water partition coefficient (Wildman–Crippen LogP) is 4.45. The first-order chi connectivity index (χ1) is 10.7. The molecule has 1 N–H and O–H groups in total. The molecule has 0 unspecified atom stereocenters. The number of nitrogens with one attached hydrogen (secondary N) is 1. The Morgan fingerprint density at radius 2 is 2.14 bits per heavy atom. The zero-order valence-corrected chi connectivity index (χ0v) is 13.0. The summed E-state index contributed by atoms with van der Waals surface area (Å²) < 4.78 is 13.1. The second kappa shape index (κ2) is 6.88. The average Bonchev–Trinajstić information content (AvgIpc) is 3.19. The Kier molecular flexibility index (Phi) is 4.68.